The third-order valence-electron chi connectivity index (χ3n) is 8.94. The summed E-state index contributed by atoms with van der Waals surface area (Å²) in [4.78, 5) is 0. The van der Waals surface area contributed by atoms with Crippen molar-refractivity contribution < 1.29 is 0 Å². The van der Waals surface area contributed by atoms with E-state index in [1.54, 1.807) is 0 Å². The molecule has 2 heterocycles. The van der Waals surface area contributed by atoms with Gasteiger partial charge in [0.25, 0.3) is 0 Å². The SMILES string of the molecule is c1ccc2c(c1)-c1cccc3c(-n4c5ccccc5c5c6ccc7sc8ccccc8c7c6ccc54)ccc-2c13. The minimum absolute atomic E-state index is 1.24. The van der Waals surface area contributed by atoms with E-state index in [9.17, 15) is 0 Å². The average Bonchev–Trinajstić information content (AvgIpc) is 3.67. The molecule has 1 aliphatic rings. The van der Waals surface area contributed by atoms with Gasteiger partial charge in [0.1, 0.15) is 0 Å². The van der Waals surface area contributed by atoms with Gasteiger partial charge < -0.3 is 4.57 Å². The first-order valence-corrected chi connectivity index (χ1v) is 14.6. The molecule has 0 atom stereocenters. The lowest BCUT2D eigenvalue weighted by Crippen LogP contribution is -1.95. The van der Waals surface area contributed by atoms with Crippen LogP contribution in [-0.2, 0) is 0 Å². The second-order valence-electron chi connectivity index (χ2n) is 10.9. The molecule has 0 fully saturated rings. The number of thiophene rings is 1. The third-order valence-corrected chi connectivity index (χ3v) is 10.1. The Balaban J connectivity index is 1.36. The molecule has 7 aromatic carbocycles. The monoisotopic (exact) mass is 523 g/mol. The van der Waals surface area contributed by atoms with Gasteiger partial charge in [-0.1, -0.05) is 97.1 Å². The molecule has 0 aliphatic heterocycles. The van der Waals surface area contributed by atoms with E-state index in [1.807, 2.05) is 11.3 Å². The van der Waals surface area contributed by atoms with Gasteiger partial charge in [0, 0.05) is 36.3 Å². The van der Waals surface area contributed by atoms with Crippen molar-refractivity contribution in [2.24, 2.45) is 0 Å². The number of rotatable bonds is 1. The molecule has 10 rings (SSSR count). The summed E-state index contributed by atoms with van der Waals surface area (Å²) in [7, 11) is 0. The molecule has 0 unspecified atom stereocenters. The number of hydrogen-bond acceptors (Lipinski definition) is 1. The van der Waals surface area contributed by atoms with Gasteiger partial charge in [-0.2, -0.15) is 0 Å². The predicted octanol–water partition coefficient (Wildman–Crippen LogP) is 11.1. The van der Waals surface area contributed by atoms with Crippen LogP contribution in [0.1, 0.15) is 0 Å². The minimum atomic E-state index is 1.24. The molecule has 1 aliphatic carbocycles. The van der Waals surface area contributed by atoms with Crippen LogP contribution in [0.2, 0.25) is 0 Å². The summed E-state index contributed by atoms with van der Waals surface area (Å²) in [6.07, 6.45) is 0. The van der Waals surface area contributed by atoms with E-state index < -0.39 is 0 Å². The Hall–Kier alpha value is -4.92. The summed E-state index contributed by atoms with van der Waals surface area (Å²) >= 11 is 1.89. The van der Waals surface area contributed by atoms with Crippen LogP contribution in [0.15, 0.2) is 127 Å². The maximum Gasteiger partial charge on any atom is 0.0547 e. The Morgan fingerprint density at radius 1 is 0.350 bits per heavy atom. The van der Waals surface area contributed by atoms with Crippen LogP contribution in [0.4, 0.5) is 0 Å². The Bertz CT molecular complexity index is 2510. The lowest BCUT2D eigenvalue weighted by Gasteiger charge is -2.13. The lowest BCUT2D eigenvalue weighted by molar-refractivity contribution is 1.20. The first-order valence-electron chi connectivity index (χ1n) is 13.8. The van der Waals surface area contributed by atoms with Gasteiger partial charge in [0.2, 0.25) is 0 Å². The molecule has 0 bridgehead atoms. The van der Waals surface area contributed by atoms with Crippen molar-refractivity contribution in [3.05, 3.63) is 127 Å². The fourth-order valence-corrected chi connectivity index (χ4v) is 8.47. The van der Waals surface area contributed by atoms with Crippen molar-refractivity contribution in [2.75, 3.05) is 0 Å². The van der Waals surface area contributed by atoms with Gasteiger partial charge in [-0.3, -0.25) is 0 Å². The fraction of sp³-hybridized carbons (Fsp3) is 0. The maximum absolute atomic E-state index is 2.49. The van der Waals surface area contributed by atoms with E-state index in [4.69, 9.17) is 0 Å². The summed E-state index contributed by atoms with van der Waals surface area (Å²) in [6.45, 7) is 0. The topological polar surface area (TPSA) is 4.93 Å². The van der Waals surface area contributed by atoms with E-state index in [2.05, 4.69) is 132 Å². The molecule has 0 N–H and O–H groups in total. The van der Waals surface area contributed by atoms with Gasteiger partial charge >= 0.3 is 0 Å². The zero-order valence-electron chi connectivity index (χ0n) is 21.5. The molecule has 40 heavy (non-hydrogen) atoms. The van der Waals surface area contributed by atoms with E-state index >= 15 is 0 Å². The fourth-order valence-electron chi connectivity index (χ4n) is 7.34. The van der Waals surface area contributed by atoms with E-state index in [0.29, 0.717) is 0 Å². The smallest absolute Gasteiger partial charge is 0.0547 e. The summed E-state index contributed by atoms with van der Waals surface area (Å²) < 4.78 is 5.19. The molecule has 0 saturated heterocycles. The highest BCUT2D eigenvalue weighted by molar-refractivity contribution is 7.26. The molecular formula is C38H21NS. The quantitative estimate of drug-likeness (QED) is 0.202. The first-order chi connectivity index (χ1) is 19.9. The zero-order valence-corrected chi connectivity index (χ0v) is 22.3. The van der Waals surface area contributed by atoms with Gasteiger partial charge in [0.15, 0.2) is 0 Å². The van der Waals surface area contributed by atoms with Crippen molar-refractivity contribution in [1.82, 2.24) is 4.57 Å². The van der Waals surface area contributed by atoms with Gasteiger partial charge in [-0.15, -0.1) is 11.3 Å². The summed E-state index contributed by atoms with van der Waals surface area (Å²) in [5.74, 6) is 0. The largest absolute Gasteiger partial charge is 0.309 e. The highest BCUT2D eigenvalue weighted by atomic mass is 32.1. The van der Waals surface area contributed by atoms with Crippen molar-refractivity contribution in [1.29, 1.82) is 0 Å². The Morgan fingerprint density at radius 3 is 1.93 bits per heavy atom. The number of hydrogen-bond donors (Lipinski definition) is 0. The highest BCUT2D eigenvalue weighted by Crippen LogP contribution is 2.49. The number of aromatic nitrogens is 1. The van der Waals surface area contributed by atoms with E-state index in [1.165, 1.54) is 91.5 Å². The van der Waals surface area contributed by atoms with Crippen molar-refractivity contribution in [3.8, 4) is 27.9 Å². The molecule has 2 aromatic heterocycles. The standard InChI is InChI=1S/C38H21NS/c1-2-9-23-22(8-1)24-12-7-13-28-32(19-16-25(23)36(24)28)39-31-14-5-3-10-29(31)37-26-18-21-35-38(27(26)17-20-33(37)39)30-11-4-6-15-34(30)40-35/h1-21H. The van der Waals surface area contributed by atoms with E-state index in [0.717, 1.165) is 0 Å². The van der Waals surface area contributed by atoms with Crippen LogP contribution in [0, 0.1) is 0 Å². The van der Waals surface area contributed by atoms with Crippen molar-refractivity contribution in [2.45, 2.75) is 0 Å². The molecule has 1 nitrogen and oxygen atoms in total. The Kier molecular flexibility index (Phi) is 3.87. The molecular weight excluding hydrogens is 502 g/mol. The summed E-state index contributed by atoms with van der Waals surface area (Å²) in [6, 6.07) is 47.3. The Labute approximate surface area is 234 Å². The average molecular weight is 524 g/mol. The molecule has 9 aromatic rings. The Morgan fingerprint density at radius 2 is 1.02 bits per heavy atom. The number of para-hydroxylation sites is 1. The van der Waals surface area contributed by atoms with Crippen molar-refractivity contribution in [3.63, 3.8) is 0 Å². The van der Waals surface area contributed by atoms with Crippen LogP contribution in [0.25, 0.3) is 91.5 Å². The second-order valence-corrected chi connectivity index (χ2v) is 11.9. The zero-order chi connectivity index (χ0) is 25.9. The third kappa shape index (κ3) is 2.48. The van der Waals surface area contributed by atoms with E-state index in [-0.39, 0.29) is 0 Å². The minimum Gasteiger partial charge on any atom is -0.309 e. The molecule has 2 heteroatoms. The maximum atomic E-state index is 2.49. The molecule has 0 spiro atoms. The number of benzene rings is 7. The summed E-state index contributed by atoms with van der Waals surface area (Å²) in [5, 5.41) is 10.7. The van der Waals surface area contributed by atoms with Gasteiger partial charge in [0.05, 0.1) is 16.7 Å². The van der Waals surface area contributed by atoms with Crippen LogP contribution in [0.5, 0.6) is 0 Å². The number of nitrogens with zero attached hydrogens (tertiary/aromatic N) is 1. The molecule has 0 radical (unpaired) electrons. The normalized spacial score (nSPS) is 12.5. The molecule has 0 saturated carbocycles. The lowest BCUT2D eigenvalue weighted by atomic mass is 9.99. The molecule has 0 amide bonds. The van der Waals surface area contributed by atoms with Crippen LogP contribution >= 0.6 is 11.3 Å². The first kappa shape index (κ1) is 21.0. The van der Waals surface area contributed by atoms with Gasteiger partial charge in [-0.05, 0) is 68.7 Å². The second kappa shape index (κ2) is 7.38. The van der Waals surface area contributed by atoms with Crippen LogP contribution in [0.3, 0.4) is 0 Å². The molecule has 184 valence electrons. The summed E-state index contributed by atoms with van der Waals surface area (Å²) in [5.41, 5.74) is 9.08. The van der Waals surface area contributed by atoms with Crippen LogP contribution < -0.4 is 0 Å². The highest BCUT2D eigenvalue weighted by Gasteiger charge is 2.24. The van der Waals surface area contributed by atoms with Crippen LogP contribution in [-0.4, -0.2) is 4.57 Å². The predicted molar refractivity (Wildman–Crippen MR) is 173 cm³/mol. The van der Waals surface area contributed by atoms with Gasteiger partial charge in [-0.25, -0.2) is 0 Å². The van der Waals surface area contributed by atoms with Crippen molar-refractivity contribution >= 4 is 74.9 Å². The number of fused-ring (bicyclic) bond motifs is 12.